The average Bonchev–Trinajstić information content (AvgIpc) is 2.37. The fourth-order valence-electron chi connectivity index (χ4n) is 1.64. The quantitative estimate of drug-likeness (QED) is 0.824. The van der Waals surface area contributed by atoms with Crippen molar-refractivity contribution in [1.29, 1.82) is 0 Å². The summed E-state index contributed by atoms with van der Waals surface area (Å²) >= 11 is 3.22. The summed E-state index contributed by atoms with van der Waals surface area (Å²) in [6.45, 7) is 2.41. The maximum Gasteiger partial charge on any atom is 0.147 e. The average molecular weight is 325 g/mol. The molecular weight excluding hydrogens is 311 g/mol. The smallest absolute Gasteiger partial charge is 0.147 e. The minimum atomic E-state index is -0.329. The lowest BCUT2D eigenvalue weighted by atomic mass is 10.2. The second kappa shape index (κ2) is 5.93. The van der Waals surface area contributed by atoms with E-state index >= 15 is 0 Å². The van der Waals surface area contributed by atoms with Gasteiger partial charge in [-0.1, -0.05) is 15.9 Å². The minimum Gasteiger partial charge on any atom is -0.492 e. The zero-order valence-electron chi connectivity index (χ0n) is 10.4. The van der Waals surface area contributed by atoms with E-state index in [1.165, 1.54) is 6.07 Å². The molecule has 3 nitrogen and oxygen atoms in total. The molecule has 19 heavy (non-hydrogen) atoms. The van der Waals surface area contributed by atoms with Crippen LogP contribution in [0.1, 0.15) is 6.92 Å². The maximum absolute atomic E-state index is 13.7. The lowest BCUT2D eigenvalue weighted by Gasteiger charge is -2.11. The van der Waals surface area contributed by atoms with Crippen LogP contribution in [0.15, 0.2) is 40.9 Å². The van der Waals surface area contributed by atoms with Crippen LogP contribution in [0.2, 0.25) is 0 Å². The molecule has 0 aliphatic heterocycles. The maximum atomic E-state index is 13.7. The molecule has 0 amide bonds. The number of nitrogen functional groups attached to an aromatic ring is 1. The van der Waals surface area contributed by atoms with Crippen LogP contribution >= 0.6 is 15.9 Å². The molecule has 0 radical (unpaired) electrons. The van der Waals surface area contributed by atoms with Gasteiger partial charge in [0.1, 0.15) is 11.6 Å². The van der Waals surface area contributed by atoms with Gasteiger partial charge in [-0.2, -0.15) is 0 Å². The summed E-state index contributed by atoms with van der Waals surface area (Å²) in [7, 11) is 0. The van der Waals surface area contributed by atoms with Crippen molar-refractivity contribution in [3.05, 3.63) is 46.7 Å². The van der Waals surface area contributed by atoms with Crippen molar-refractivity contribution in [3.8, 4) is 5.75 Å². The van der Waals surface area contributed by atoms with E-state index in [1.807, 2.05) is 6.92 Å². The molecule has 0 atom stereocenters. The Hall–Kier alpha value is -1.75. The van der Waals surface area contributed by atoms with E-state index in [0.717, 1.165) is 5.69 Å². The third kappa shape index (κ3) is 3.38. The summed E-state index contributed by atoms with van der Waals surface area (Å²) in [5, 5.41) is 2.99. The Morgan fingerprint density at radius 1 is 1.26 bits per heavy atom. The van der Waals surface area contributed by atoms with E-state index in [1.54, 1.807) is 30.3 Å². The van der Waals surface area contributed by atoms with E-state index in [4.69, 9.17) is 10.5 Å². The molecule has 0 unspecified atom stereocenters. The van der Waals surface area contributed by atoms with E-state index in [9.17, 15) is 4.39 Å². The minimum absolute atomic E-state index is 0.329. The Morgan fingerprint density at radius 2 is 2.05 bits per heavy atom. The Balaban J connectivity index is 2.25. The van der Waals surface area contributed by atoms with Crippen molar-refractivity contribution in [2.75, 3.05) is 17.7 Å². The molecule has 100 valence electrons. The fraction of sp³-hybridized carbons (Fsp3) is 0.143. The third-order valence-electron chi connectivity index (χ3n) is 2.52. The molecule has 0 aromatic heterocycles. The Morgan fingerprint density at radius 3 is 2.74 bits per heavy atom. The van der Waals surface area contributed by atoms with Crippen LogP contribution in [0.25, 0.3) is 0 Å². The number of hydrogen-bond acceptors (Lipinski definition) is 3. The van der Waals surface area contributed by atoms with Crippen LogP contribution in [0, 0.1) is 5.82 Å². The summed E-state index contributed by atoms with van der Waals surface area (Å²) < 4.78 is 19.8. The van der Waals surface area contributed by atoms with Crippen LogP contribution in [0.4, 0.5) is 21.5 Å². The van der Waals surface area contributed by atoms with Crippen LogP contribution in [-0.4, -0.2) is 6.61 Å². The predicted molar refractivity (Wildman–Crippen MR) is 79.4 cm³/mol. The van der Waals surface area contributed by atoms with Crippen LogP contribution in [0.5, 0.6) is 5.75 Å². The Kier molecular flexibility index (Phi) is 4.27. The number of nitrogens with two attached hydrogens (primary N) is 1. The molecule has 0 spiro atoms. The highest BCUT2D eigenvalue weighted by atomic mass is 79.9. The van der Waals surface area contributed by atoms with Crippen molar-refractivity contribution in [3.63, 3.8) is 0 Å². The first-order valence-electron chi connectivity index (χ1n) is 5.84. The van der Waals surface area contributed by atoms with Gasteiger partial charge in [0.05, 0.1) is 18.0 Å². The van der Waals surface area contributed by atoms with Gasteiger partial charge in [0.15, 0.2) is 0 Å². The first kappa shape index (κ1) is 13.7. The van der Waals surface area contributed by atoms with Crippen molar-refractivity contribution < 1.29 is 9.13 Å². The Labute approximate surface area is 119 Å². The van der Waals surface area contributed by atoms with Crippen molar-refractivity contribution >= 4 is 33.0 Å². The lowest BCUT2D eigenvalue weighted by molar-refractivity contribution is 0.342. The van der Waals surface area contributed by atoms with Gasteiger partial charge in [0, 0.05) is 16.2 Å². The molecule has 0 bridgehead atoms. The lowest BCUT2D eigenvalue weighted by Crippen LogP contribution is -1.99. The molecule has 3 N–H and O–H groups in total. The summed E-state index contributed by atoms with van der Waals surface area (Å²) in [6.07, 6.45) is 0. The zero-order valence-corrected chi connectivity index (χ0v) is 12.0. The second-order valence-corrected chi connectivity index (χ2v) is 4.85. The Bertz CT molecular complexity index is 590. The van der Waals surface area contributed by atoms with Crippen molar-refractivity contribution in [2.45, 2.75) is 6.92 Å². The number of benzene rings is 2. The number of nitrogens with one attached hydrogen (secondary N) is 1. The predicted octanol–water partition coefficient (Wildman–Crippen LogP) is 4.31. The molecule has 0 saturated carbocycles. The molecule has 2 rings (SSSR count). The highest BCUT2D eigenvalue weighted by Crippen LogP contribution is 2.29. The normalized spacial score (nSPS) is 10.3. The number of ether oxygens (including phenoxy) is 1. The van der Waals surface area contributed by atoms with E-state index in [-0.39, 0.29) is 5.82 Å². The van der Waals surface area contributed by atoms with Crippen LogP contribution in [-0.2, 0) is 0 Å². The van der Waals surface area contributed by atoms with Gasteiger partial charge in [-0.05, 0) is 37.3 Å². The molecule has 0 fully saturated rings. The summed E-state index contributed by atoms with van der Waals surface area (Å²) in [5.74, 6) is 0.258. The molecule has 2 aromatic carbocycles. The highest BCUT2D eigenvalue weighted by Gasteiger charge is 2.06. The summed E-state index contributed by atoms with van der Waals surface area (Å²) in [4.78, 5) is 0. The molecular formula is C14H14BrFN2O. The largest absolute Gasteiger partial charge is 0.492 e. The fourth-order valence-corrected chi connectivity index (χ4v) is 1.97. The van der Waals surface area contributed by atoms with Gasteiger partial charge in [-0.15, -0.1) is 0 Å². The van der Waals surface area contributed by atoms with Gasteiger partial charge in [0.2, 0.25) is 0 Å². The van der Waals surface area contributed by atoms with Crippen molar-refractivity contribution in [2.24, 2.45) is 0 Å². The van der Waals surface area contributed by atoms with Crippen LogP contribution < -0.4 is 15.8 Å². The SMILES string of the molecule is CCOc1cc(Nc2ccc(Br)cc2F)ccc1N. The van der Waals surface area contributed by atoms with E-state index in [2.05, 4.69) is 21.2 Å². The summed E-state index contributed by atoms with van der Waals surface area (Å²) in [6, 6.07) is 10.1. The molecule has 2 aromatic rings. The number of halogens is 2. The van der Waals surface area contributed by atoms with Gasteiger partial charge in [-0.25, -0.2) is 4.39 Å². The van der Waals surface area contributed by atoms with E-state index < -0.39 is 0 Å². The topological polar surface area (TPSA) is 47.3 Å². The monoisotopic (exact) mass is 324 g/mol. The standard InChI is InChI=1S/C14H14BrFN2O/c1-2-19-14-8-10(4-5-12(14)17)18-13-6-3-9(15)7-11(13)16/h3-8,18H,2,17H2,1H3. The van der Waals surface area contributed by atoms with Crippen LogP contribution in [0.3, 0.4) is 0 Å². The third-order valence-corrected chi connectivity index (χ3v) is 3.02. The highest BCUT2D eigenvalue weighted by molar-refractivity contribution is 9.10. The summed E-state index contributed by atoms with van der Waals surface area (Å²) in [5.41, 5.74) is 7.46. The number of anilines is 3. The molecule has 0 aliphatic carbocycles. The van der Waals surface area contributed by atoms with Gasteiger partial charge in [0.25, 0.3) is 0 Å². The first-order chi connectivity index (χ1) is 9.10. The molecule has 5 heteroatoms. The first-order valence-corrected chi connectivity index (χ1v) is 6.64. The molecule has 0 heterocycles. The van der Waals surface area contributed by atoms with Gasteiger partial charge in [-0.3, -0.25) is 0 Å². The van der Waals surface area contributed by atoms with E-state index in [0.29, 0.717) is 28.2 Å². The van der Waals surface area contributed by atoms with Gasteiger partial charge < -0.3 is 15.8 Å². The second-order valence-electron chi connectivity index (χ2n) is 3.93. The number of hydrogen-bond donors (Lipinski definition) is 2. The molecule has 0 saturated heterocycles. The number of rotatable bonds is 4. The van der Waals surface area contributed by atoms with Crippen molar-refractivity contribution in [1.82, 2.24) is 0 Å². The zero-order chi connectivity index (χ0) is 13.8. The molecule has 0 aliphatic rings. The van der Waals surface area contributed by atoms with Gasteiger partial charge >= 0.3 is 0 Å².